The van der Waals surface area contributed by atoms with Crippen LogP contribution in [0.4, 0.5) is 0 Å². The van der Waals surface area contributed by atoms with Crippen LogP contribution in [-0.4, -0.2) is 26.8 Å². The zero-order valence-corrected chi connectivity index (χ0v) is 22.6. The molecule has 5 aromatic carbocycles. The van der Waals surface area contributed by atoms with E-state index >= 15 is 0 Å². The van der Waals surface area contributed by atoms with Crippen molar-refractivity contribution in [3.63, 3.8) is 0 Å². The number of nitrogens with one attached hydrogen (secondary N) is 3. The molecule has 0 saturated carbocycles. The summed E-state index contributed by atoms with van der Waals surface area (Å²) in [6, 6.07) is 35.0. The number of aliphatic imine (C=N–C) groups is 1. The van der Waals surface area contributed by atoms with E-state index in [1.165, 1.54) is 16.8 Å². The van der Waals surface area contributed by atoms with Crippen molar-refractivity contribution in [3.8, 4) is 17.1 Å². The summed E-state index contributed by atoms with van der Waals surface area (Å²) in [7, 11) is 0. The molecule has 0 radical (unpaired) electrons. The normalized spacial score (nSPS) is 15.1. The Balaban J connectivity index is 1.37. The first kappa shape index (κ1) is 24.4. The number of aromatic nitrogens is 2. The Morgan fingerprint density at radius 1 is 0.775 bits per heavy atom. The Morgan fingerprint density at radius 2 is 1.40 bits per heavy atom. The second-order valence-corrected chi connectivity index (χ2v) is 10.3. The summed E-state index contributed by atoms with van der Waals surface area (Å²) >= 11 is 12.1. The summed E-state index contributed by atoms with van der Waals surface area (Å²) in [6.07, 6.45) is 0.895. The van der Waals surface area contributed by atoms with Crippen LogP contribution >= 0.6 is 23.2 Å². The molecule has 1 aromatic heterocycles. The lowest BCUT2D eigenvalue weighted by molar-refractivity contribution is 0.567. The van der Waals surface area contributed by atoms with Crippen LogP contribution in [0.25, 0.3) is 49.7 Å². The number of nitrogens with zero attached hydrogens (tertiary/aromatic N) is 3. The van der Waals surface area contributed by atoms with Gasteiger partial charge < -0.3 is 10.6 Å². The van der Waals surface area contributed by atoms with E-state index in [1.54, 1.807) is 0 Å². The second-order valence-electron chi connectivity index (χ2n) is 9.48. The molecule has 0 fully saturated rings. The van der Waals surface area contributed by atoms with Crippen LogP contribution in [0, 0.1) is 5.41 Å². The fraction of sp³-hybridized carbons (Fsp3) is 0.0312. The molecule has 1 aliphatic rings. The van der Waals surface area contributed by atoms with Gasteiger partial charge in [0.05, 0.1) is 11.0 Å². The lowest BCUT2D eigenvalue weighted by Crippen LogP contribution is -2.44. The van der Waals surface area contributed by atoms with Crippen LogP contribution in [0.1, 0.15) is 5.56 Å². The molecule has 0 amide bonds. The highest BCUT2D eigenvalue weighted by Crippen LogP contribution is 2.39. The molecule has 1 unspecified atom stereocenters. The Labute approximate surface area is 240 Å². The number of fused-ring (bicyclic) bond motifs is 6. The summed E-state index contributed by atoms with van der Waals surface area (Å²) in [5, 5.41) is 19.8. The van der Waals surface area contributed by atoms with Crippen molar-refractivity contribution >= 4 is 66.8 Å². The number of amidine groups is 1. The number of imidazole rings is 1. The number of allylic oxidation sites excluding steroid dienone is 1. The molecule has 0 saturated heterocycles. The highest BCUT2D eigenvalue weighted by atomic mass is 35.5. The minimum Gasteiger partial charge on any atom is -0.337 e. The van der Waals surface area contributed by atoms with Crippen LogP contribution in [0.5, 0.6) is 0 Å². The number of benzene rings is 5. The summed E-state index contributed by atoms with van der Waals surface area (Å²) in [5.41, 5.74) is 4.68. The Morgan fingerprint density at radius 3 is 2.10 bits per heavy atom. The van der Waals surface area contributed by atoms with Gasteiger partial charge in [-0.25, -0.2) is 9.98 Å². The molecule has 0 spiro atoms. The highest BCUT2D eigenvalue weighted by Gasteiger charge is 2.20. The van der Waals surface area contributed by atoms with Crippen molar-refractivity contribution < 1.29 is 0 Å². The second kappa shape index (κ2) is 9.83. The van der Waals surface area contributed by atoms with Gasteiger partial charge in [-0.1, -0.05) is 114 Å². The van der Waals surface area contributed by atoms with Crippen molar-refractivity contribution in [2.45, 2.75) is 6.29 Å². The molecule has 7 rings (SSSR count). The van der Waals surface area contributed by atoms with E-state index in [0.717, 1.165) is 38.9 Å². The molecular weight excluding hydrogens is 539 g/mol. The molecule has 194 valence electrons. The summed E-state index contributed by atoms with van der Waals surface area (Å²) < 4.78 is 2.24. The van der Waals surface area contributed by atoms with E-state index in [2.05, 4.69) is 80.9 Å². The maximum absolute atomic E-state index is 8.57. The van der Waals surface area contributed by atoms with E-state index in [1.807, 2.05) is 42.5 Å². The number of hydrogen-bond acceptors (Lipinski definition) is 4. The number of hydrogen-bond donors (Lipinski definition) is 3. The van der Waals surface area contributed by atoms with Gasteiger partial charge in [-0.2, -0.15) is 0 Å². The van der Waals surface area contributed by atoms with E-state index in [4.69, 9.17) is 33.6 Å². The highest BCUT2D eigenvalue weighted by molar-refractivity contribution is 6.69. The summed E-state index contributed by atoms with van der Waals surface area (Å²) in [5.74, 6) is 1.02. The molecule has 1 atom stereocenters. The zero-order chi connectivity index (χ0) is 27.2. The molecule has 0 bridgehead atoms. The van der Waals surface area contributed by atoms with Gasteiger partial charge in [0.2, 0.25) is 0 Å². The molecule has 40 heavy (non-hydrogen) atoms. The Kier molecular flexibility index (Phi) is 5.99. The first-order chi connectivity index (χ1) is 19.6. The topological polar surface area (TPSA) is 78.1 Å². The molecule has 6 aromatic rings. The van der Waals surface area contributed by atoms with Crippen molar-refractivity contribution in [2.24, 2.45) is 4.99 Å². The van der Waals surface area contributed by atoms with Crippen LogP contribution in [0.3, 0.4) is 0 Å². The maximum Gasteiger partial charge on any atom is 0.197 e. The largest absolute Gasteiger partial charge is 0.337 e. The average molecular weight is 561 g/mol. The van der Waals surface area contributed by atoms with Gasteiger partial charge in [0.25, 0.3) is 0 Å². The van der Waals surface area contributed by atoms with Gasteiger partial charge in [0, 0.05) is 33.7 Å². The smallest absolute Gasteiger partial charge is 0.197 e. The van der Waals surface area contributed by atoms with Gasteiger partial charge in [-0.3, -0.25) is 9.98 Å². The van der Waals surface area contributed by atoms with Crippen LogP contribution < -0.4 is 10.6 Å². The van der Waals surface area contributed by atoms with E-state index in [9.17, 15) is 0 Å². The lowest BCUT2D eigenvalue weighted by Gasteiger charge is -2.21. The molecule has 2 heterocycles. The minimum absolute atomic E-state index is 0.192. The van der Waals surface area contributed by atoms with Crippen molar-refractivity contribution in [2.75, 3.05) is 0 Å². The standard InChI is InChI=1S/C32H22Cl2N6/c33-26-18-27(34)37-32(36-26)39-30(35)19-14-16-20(17-15-19)31-38-28-24-12-6-4-10-22(24)23-11-5-7-13-25(23)29(28)40(31)21-8-2-1-3-9-21/h1-18,32,36H,(H2,35,39). The van der Waals surface area contributed by atoms with Gasteiger partial charge in [-0.15, -0.1) is 0 Å². The molecule has 8 heteroatoms. The van der Waals surface area contributed by atoms with Crippen molar-refractivity contribution in [1.29, 1.82) is 5.41 Å². The zero-order valence-electron chi connectivity index (χ0n) is 21.1. The van der Waals surface area contributed by atoms with Crippen LogP contribution in [0.15, 0.2) is 119 Å². The third kappa shape index (κ3) is 4.18. The quantitative estimate of drug-likeness (QED) is 0.0902. The molecule has 0 aliphatic carbocycles. The average Bonchev–Trinajstić information content (AvgIpc) is 3.38. The van der Waals surface area contributed by atoms with Crippen LogP contribution in [-0.2, 0) is 0 Å². The number of rotatable bonds is 4. The third-order valence-electron chi connectivity index (χ3n) is 7.03. The number of halogens is 2. The SMILES string of the molecule is N=C(NC1N=C(Cl)C=C(Cl)N1)c1ccc(-c2nc3c4ccccc4c4ccccc4c3n2-c2ccccc2)cc1. The van der Waals surface area contributed by atoms with Gasteiger partial charge in [-0.05, 0) is 22.9 Å². The Hall–Kier alpha value is -4.65. The molecule has 3 N–H and O–H groups in total. The molecule has 6 nitrogen and oxygen atoms in total. The molecular formula is C32H22Cl2N6. The third-order valence-corrected chi connectivity index (χ3v) is 7.46. The fourth-order valence-corrected chi connectivity index (χ4v) is 5.74. The predicted octanol–water partition coefficient (Wildman–Crippen LogP) is 7.52. The summed E-state index contributed by atoms with van der Waals surface area (Å²) in [6.45, 7) is 0. The van der Waals surface area contributed by atoms with Crippen LogP contribution in [0.2, 0.25) is 0 Å². The maximum atomic E-state index is 8.57. The lowest BCUT2D eigenvalue weighted by atomic mass is 10.00. The summed E-state index contributed by atoms with van der Waals surface area (Å²) in [4.78, 5) is 9.48. The van der Waals surface area contributed by atoms with Crippen molar-refractivity contribution in [1.82, 2.24) is 20.2 Å². The monoisotopic (exact) mass is 560 g/mol. The van der Waals surface area contributed by atoms with E-state index in [-0.39, 0.29) is 11.0 Å². The van der Waals surface area contributed by atoms with Gasteiger partial charge >= 0.3 is 0 Å². The van der Waals surface area contributed by atoms with E-state index in [0.29, 0.717) is 10.7 Å². The van der Waals surface area contributed by atoms with E-state index < -0.39 is 6.29 Å². The molecule has 1 aliphatic heterocycles. The van der Waals surface area contributed by atoms with Gasteiger partial charge in [0.1, 0.15) is 22.0 Å². The Bertz CT molecular complexity index is 1990. The van der Waals surface area contributed by atoms with Crippen molar-refractivity contribution in [3.05, 3.63) is 120 Å². The predicted molar refractivity (Wildman–Crippen MR) is 166 cm³/mol. The first-order valence-corrected chi connectivity index (χ1v) is 13.5. The number of para-hydroxylation sites is 1. The fourth-order valence-electron chi connectivity index (χ4n) is 5.27. The first-order valence-electron chi connectivity index (χ1n) is 12.8. The van der Waals surface area contributed by atoms with Gasteiger partial charge in [0.15, 0.2) is 6.29 Å². The minimum atomic E-state index is -0.624.